The molecule has 4 N–H and O–H groups in total. The quantitative estimate of drug-likeness (QED) is 0.0887. The van der Waals surface area contributed by atoms with E-state index in [-0.39, 0.29) is 58.0 Å². The number of nitrogens with zero attached hydrogens (tertiary/aromatic N) is 10. The molecule has 2 saturated heterocycles. The topological polar surface area (TPSA) is 191 Å². The van der Waals surface area contributed by atoms with Gasteiger partial charge in [0.05, 0.1) is 12.4 Å². The maximum atomic E-state index is 12.2. The third kappa shape index (κ3) is 15.5. The number of anilines is 2. The van der Waals surface area contributed by atoms with Crippen molar-refractivity contribution >= 4 is 71.6 Å². The highest BCUT2D eigenvalue weighted by Crippen LogP contribution is 2.32. The van der Waals surface area contributed by atoms with E-state index in [1.54, 1.807) is 51.7 Å². The summed E-state index contributed by atoms with van der Waals surface area (Å²) in [6.07, 6.45) is 10.2. The highest BCUT2D eigenvalue weighted by Gasteiger charge is 2.39. The highest BCUT2D eigenvalue weighted by atomic mass is 32.2. The Hall–Kier alpha value is -3.48. The lowest BCUT2D eigenvalue weighted by Gasteiger charge is -2.46. The van der Waals surface area contributed by atoms with Crippen LogP contribution in [0.15, 0.2) is 20.3 Å². The molecule has 0 aliphatic carbocycles. The molecule has 2 fully saturated rings. The molecule has 0 aromatic carbocycles. The summed E-state index contributed by atoms with van der Waals surface area (Å²) in [6.45, 7) is 17.7. The van der Waals surface area contributed by atoms with Gasteiger partial charge in [0, 0.05) is 73.9 Å². The van der Waals surface area contributed by atoms with Crippen LogP contribution in [-0.4, -0.2) is 138 Å². The van der Waals surface area contributed by atoms with Gasteiger partial charge in [0.1, 0.15) is 0 Å². The van der Waals surface area contributed by atoms with E-state index in [4.69, 9.17) is 9.97 Å². The van der Waals surface area contributed by atoms with Crippen molar-refractivity contribution in [2.45, 2.75) is 151 Å². The van der Waals surface area contributed by atoms with Gasteiger partial charge in [0.15, 0.2) is 10.3 Å². The van der Waals surface area contributed by atoms with Gasteiger partial charge in [-0.05, 0) is 93.9 Å². The fraction of sp³-hybridized carbons (Fsp3) is 0.737. The van der Waals surface area contributed by atoms with E-state index >= 15 is 0 Å². The van der Waals surface area contributed by atoms with Gasteiger partial charge in [-0.25, -0.2) is 9.98 Å². The van der Waals surface area contributed by atoms with Gasteiger partial charge in [-0.3, -0.25) is 9.59 Å². The summed E-state index contributed by atoms with van der Waals surface area (Å²) in [6, 6.07) is 0.335. The second kappa shape index (κ2) is 19.3. The summed E-state index contributed by atoms with van der Waals surface area (Å²) in [5, 5.41) is 15.7. The summed E-state index contributed by atoms with van der Waals surface area (Å²) in [5.74, 6) is 2.57. The maximum Gasteiger partial charge on any atom is 0.264 e. The van der Waals surface area contributed by atoms with Gasteiger partial charge in [-0.2, -0.15) is 29.9 Å². The molecule has 4 rings (SSSR count). The molecule has 2 aromatic rings. The number of amides is 2. The summed E-state index contributed by atoms with van der Waals surface area (Å²) in [4.78, 5) is 63.6. The number of unbranched alkanes of at least 4 members (excludes halogenated alkanes) is 3. The van der Waals surface area contributed by atoms with Crippen molar-refractivity contribution in [3.05, 3.63) is 0 Å². The second-order valence-electron chi connectivity index (χ2n) is 17.9. The molecule has 2 amide bonds. The zero-order valence-corrected chi connectivity index (χ0v) is 37.1. The molecule has 2 aliphatic heterocycles. The minimum atomic E-state index is -0.238. The fourth-order valence-electron chi connectivity index (χ4n) is 7.62. The fourth-order valence-corrected chi connectivity index (χ4v) is 9.28. The molecule has 16 nitrogen and oxygen atoms in total. The van der Waals surface area contributed by atoms with Crippen LogP contribution in [0.3, 0.4) is 0 Å². The van der Waals surface area contributed by atoms with Gasteiger partial charge in [0.25, 0.3) is 23.7 Å². The van der Waals surface area contributed by atoms with Crippen molar-refractivity contribution in [2.24, 2.45) is 9.98 Å². The van der Waals surface area contributed by atoms with E-state index in [0.29, 0.717) is 22.2 Å². The molecule has 0 radical (unpaired) electrons. The lowest BCUT2D eigenvalue weighted by atomic mass is 9.79. The highest BCUT2D eigenvalue weighted by molar-refractivity contribution is 7.99. The van der Waals surface area contributed by atoms with Crippen LogP contribution in [0.1, 0.15) is 107 Å². The van der Waals surface area contributed by atoms with E-state index in [1.165, 1.54) is 22.2 Å². The standard InChI is InChI=1S/C38H64N14O2S2/c1-35(2)19-25(20-36(3,4)49-35)41-31-43-29(39-23-27(53)51(9)10)45-33(47-31)55-17-15-13-14-16-18-56-34-46-30(40-24-28(54)52(11)12)44-32(48-34)42-26-21-37(5,6)50-38(7,8)22-26/h23-26,49-50H,13-22H2,1-12H3,(H,41,43,45,47)(H,42,44,46,48)/b39-23+,40-24+. The van der Waals surface area contributed by atoms with Crippen molar-refractivity contribution in [3.63, 3.8) is 0 Å². The zero-order valence-electron chi connectivity index (χ0n) is 35.5. The van der Waals surface area contributed by atoms with Crippen LogP contribution in [-0.2, 0) is 9.59 Å². The predicted molar refractivity (Wildman–Crippen MR) is 229 cm³/mol. The molecule has 4 heterocycles. The maximum absolute atomic E-state index is 12.2. The second-order valence-corrected chi connectivity index (χ2v) is 20.0. The minimum Gasteiger partial charge on any atom is -0.351 e. The number of rotatable bonds is 17. The first-order valence-electron chi connectivity index (χ1n) is 19.5. The van der Waals surface area contributed by atoms with Crippen molar-refractivity contribution in [1.82, 2.24) is 50.3 Å². The molecule has 0 saturated carbocycles. The Labute approximate surface area is 342 Å². The number of aliphatic imine (C=N–C) groups is 2. The molecule has 2 aliphatic rings. The first-order valence-corrected chi connectivity index (χ1v) is 21.4. The van der Waals surface area contributed by atoms with Gasteiger partial charge in [-0.15, -0.1) is 0 Å². The summed E-state index contributed by atoms with van der Waals surface area (Å²) in [7, 11) is 6.71. The Bertz CT molecular complexity index is 1560. The first kappa shape index (κ1) is 45.2. The SMILES string of the molecule is CN(C)C(=O)/C=N/c1nc(NC2CC(C)(C)NC(C)(C)C2)nc(SCCCCCCSc2nc(/N=C/C(=O)N(C)C)nc(NC3CC(C)(C)NC(C)(C)C3)n2)n1. The number of carbonyl (C=O) groups is 2. The van der Waals surface area contributed by atoms with Crippen molar-refractivity contribution in [2.75, 3.05) is 50.3 Å². The number of aromatic nitrogens is 6. The molecule has 0 bridgehead atoms. The van der Waals surface area contributed by atoms with E-state index in [2.05, 4.69) is 107 Å². The van der Waals surface area contributed by atoms with Crippen LogP contribution in [0.25, 0.3) is 0 Å². The summed E-state index contributed by atoms with van der Waals surface area (Å²) >= 11 is 3.14. The number of hydrogen-bond donors (Lipinski definition) is 4. The molecule has 18 heteroatoms. The van der Waals surface area contributed by atoms with E-state index in [0.717, 1.165) is 62.9 Å². The van der Waals surface area contributed by atoms with E-state index in [9.17, 15) is 9.59 Å². The summed E-state index contributed by atoms with van der Waals surface area (Å²) < 4.78 is 0. The Morgan fingerprint density at radius 2 is 0.946 bits per heavy atom. The molecule has 56 heavy (non-hydrogen) atoms. The average molecular weight is 813 g/mol. The van der Waals surface area contributed by atoms with Crippen LogP contribution < -0.4 is 21.3 Å². The number of thioether (sulfide) groups is 2. The van der Waals surface area contributed by atoms with E-state index < -0.39 is 0 Å². The molecule has 0 unspecified atom stereocenters. The van der Waals surface area contributed by atoms with Gasteiger partial charge < -0.3 is 31.1 Å². The van der Waals surface area contributed by atoms with Crippen LogP contribution in [0.4, 0.5) is 23.8 Å². The lowest BCUT2D eigenvalue weighted by molar-refractivity contribution is -0.122. The van der Waals surface area contributed by atoms with Crippen LogP contribution in [0.2, 0.25) is 0 Å². The number of nitrogens with one attached hydrogen (secondary N) is 4. The normalized spacial score (nSPS) is 19.3. The number of piperidine rings is 2. The summed E-state index contributed by atoms with van der Waals surface area (Å²) in [5.41, 5.74) is -0.167. The Morgan fingerprint density at radius 3 is 1.27 bits per heavy atom. The molecule has 0 spiro atoms. The Kier molecular flexibility index (Phi) is 15.6. The first-order chi connectivity index (χ1) is 26.1. The van der Waals surface area contributed by atoms with Crippen molar-refractivity contribution in [3.8, 4) is 0 Å². The molecular formula is C38H64N14O2S2. The molecule has 0 atom stereocenters. The minimum absolute atomic E-state index is 0.0417. The zero-order chi connectivity index (χ0) is 41.3. The third-order valence-electron chi connectivity index (χ3n) is 9.22. The third-order valence-corrected chi connectivity index (χ3v) is 11.1. The Morgan fingerprint density at radius 1 is 0.607 bits per heavy atom. The number of hydrogen-bond acceptors (Lipinski definition) is 16. The van der Waals surface area contributed by atoms with Crippen molar-refractivity contribution < 1.29 is 9.59 Å². The molecule has 310 valence electrons. The van der Waals surface area contributed by atoms with E-state index in [1.807, 2.05) is 0 Å². The van der Waals surface area contributed by atoms with Crippen LogP contribution >= 0.6 is 23.5 Å². The van der Waals surface area contributed by atoms with Gasteiger partial charge in [-0.1, -0.05) is 36.4 Å². The molecular weight excluding hydrogens is 749 g/mol. The van der Waals surface area contributed by atoms with Crippen LogP contribution in [0, 0.1) is 0 Å². The predicted octanol–water partition coefficient (Wildman–Crippen LogP) is 5.52. The monoisotopic (exact) mass is 812 g/mol. The average Bonchev–Trinajstić information content (AvgIpc) is 3.04. The Balaban J connectivity index is 1.32. The number of carbonyl (C=O) groups excluding carboxylic acids is 2. The van der Waals surface area contributed by atoms with Gasteiger partial charge in [0.2, 0.25) is 11.9 Å². The smallest absolute Gasteiger partial charge is 0.264 e. The van der Waals surface area contributed by atoms with Gasteiger partial charge >= 0.3 is 0 Å². The largest absolute Gasteiger partial charge is 0.351 e. The van der Waals surface area contributed by atoms with Crippen LogP contribution in [0.5, 0.6) is 0 Å². The van der Waals surface area contributed by atoms with Crippen molar-refractivity contribution in [1.29, 1.82) is 0 Å². The lowest BCUT2D eigenvalue weighted by Crippen LogP contribution is -2.60. The molecule has 2 aromatic heterocycles.